The maximum atomic E-state index is 13.6. The fraction of sp³-hybridized carbons (Fsp3) is 0.409. The molecule has 1 aliphatic rings. The number of halogens is 1. The van der Waals surface area contributed by atoms with Gasteiger partial charge >= 0.3 is 0 Å². The Morgan fingerprint density at radius 3 is 2.50 bits per heavy atom. The van der Waals surface area contributed by atoms with Crippen molar-refractivity contribution in [2.24, 2.45) is 0 Å². The van der Waals surface area contributed by atoms with Gasteiger partial charge in [-0.1, -0.05) is 30.7 Å². The van der Waals surface area contributed by atoms with Crippen molar-refractivity contribution in [3.8, 4) is 11.5 Å². The van der Waals surface area contributed by atoms with E-state index in [9.17, 15) is 9.18 Å². The molecule has 0 spiro atoms. The van der Waals surface area contributed by atoms with E-state index in [1.807, 2.05) is 24.3 Å². The van der Waals surface area contributed by atoms with E-state index < -0.39 is 5.82 Å². The first-order chi connectivity index (χ1) is 13.7. The van der Waals surface area contributed by atoms with Gasteiger partial charge in [-0.05, 0) is 55.8 Å². The monoisotopic (exact) mass is 386 g/mol. The number of rotatable bonds is 8. The SMILES string of the molecule is COc1ccc(C(CNC(=O)COc2ccccc2F)N2CCCCC2)cc1. The summed E-state index contributed by atoms with van der Waals surface area (Å²) in [5, 5.41) is 2.94. The van der Waals surface area contributed by atoms with E-state index in [1.54, 1.807) is 19.2 Å². The predicted molar refractivity (Wildman–Crippen MR) is 106 cm³/mol. The first-order valence-corrected chi connectivity index (χ1v) is 9.69. The standard InChI is InChI=1S/C22H27FN2O3/c1-27-18-11-9-17(10-12-18)20(25-13-5-2-6-14-25)15-24-22(26)16-28-21-8-4-3-7-19(21)23/h3-4,7-12,20H,2,5-6,13-16H2,1H3,(H,24,26). The van der Waals surface area contributed by atoms with Gasteiger partial charge in [0.05, 0.1) is 13.2 Å². The molecule has 5 nitrogen and oxygen atoms in total. The summed E-state index contributed by atoms with van der Waals surface area (Å²) in [6.45, 7) is 2.29. The summed E-state index contributed by atoms with van der Waals surface area (Å²) in [5.41, 5.74) is 1.14. The molecule has 1 heterocycles. The van der Waals surface area contributed by atoms with E-state index in [-0.39, 0.29) is 24.3 Å². The van der Waals surface area contributed by atoms with Crippen molar-refractivity contribution in [2.75, 3.05) is 33.4 Å². The second kappa shape index (κ2) is 10.1. The number of hydrogen-bond donors (Lipinski definition) is 1. The van der Waals surface area contributed by atoms with Gasteiger partial charge in [0, 0.05) is 6.54 Å². The molecule has 1 unspecified atom stereocenters. The number of benzene rings is 2. The van der Waals surface area contributed by atoms with Gasteiger partial charge in [-0.2, -0.15) is 0 Å². The number of methoxy groups -OCH3 is 1. The maximum Gasteiger partial charge on any atom is 0.258 e. The number of nitrogens with one attached hydrogen (secondary N) is 1. The Labute approximate surface area is 165 Å². The minimum atomic E-state index is -0.472. The predicted octanol–water partition coefficient (Wildman–Crippen LogP) is 3.56. The van der Waals surface area contributed by atoms with Gasteiger partial charge in [-0.25, -0.2) is 4.39 Å². The van der Waals surface area contributed by atoms with Crippen LogP contribution in [0.1, 0.15) is 30.9 Å². The van der Waals surface area contributed by atoms with Crippen LogP contribution in [0.3, 0.4) is 0 Å². The second-order valence-electron chi connectivity index (χ2n) is 6.91. The van der Waals surface area contributed by atoms with Crippen molar-refractivity contribution in [3.05, 3.63) is 59.9 Å². The molecule has 0 radical (unpaired) electrons. The normalized spacial score (nSPS) is 15.6. The fourth-order valence-corrected chi connectivity index (χ4v) is 3.48. The van der Waals surface area contributed by atoms with Crippen LogP contribution in [0.15, 0.2) is 48.5 Å². The summed E-state index contributed by atoms with van der Waals surface area (Å²) < 4.78 is 24.1. The Balaban J connectivity index is 1.60. The molecule has 0 saturated carbocycles. The average molecular weight is 386 g/mol. The average Bonchev–Trinajstić information content (AvgIpc) is 2.74. The highest BCUT2D eigenvalue weighted by Gasteiger charge is 2.23. The quantitative estimate of drug-likeness (QED) is 0.754. The van der Waals surface area contributed by atoms with Crippen molar-refractivity contribution in [2.45, 2.75) is 25.3 Å². The van der Waals surface area contributed by atoms with Crippen molar-refractivity contribution in [3.63, 3.8) is 0 Å². The summed E-state index contributed by atoms with van der Waals surface area (Å²) in [4.78, 5) is 14.7. The van der Waals surface area contributed by atoms with E-state index in [0.717, 1.165) is 37.2 Å². The van der Waals surface area contributed by atoms with Gasteiger partial charge in [0.1, 0.15) is 5.75 Å². The van der Waals surface area contributed by atoms with Crippen LogP contribution in [-0.4, -0.2) is 44.2 Å². The van der Waals surface area contributed by atoms with Crippen LogP contribution in [0, 0.1) is 5.82 Å². The molecule has 0 aliphatic carbocycles. The molecule has 1 saturated heterocycles. The van der Waals surface area contributed by atoms with Crippen LogP contribution in [-0.2, 0) is 4.79 Å². The molecule has 0 bridgehead atoms. The fourth-order valence-electron chi connectivity index (χ4n) is 3.48. The highest BCUT2D eigenvalue weighted by atomic mass is 19.1. The van der Waals surface area contributed by atoms with Gasteiger partial charge in [-0.15, -0.1) is 0 Å². The van der Waals surface area contributed by atoms with Crippen molar-refractivity contribution in [1.82, 2.24) is 10.2 Å². The lowest BCUT2D eigenvalue weighted by Crippen LogP contribution is -2.41. The molecule has 0 aromatic heterocycles. The molecule has 2 aromatic carbocycles. The topological polar surface area (TPSA) is 50.8 Å². The molecule has 28 heavy (non-hydrogen) atoms. The van der Waals surface area contributed by atoms with Crippen LogP contribution < -0.4 is 14.8 Å². The van der Waals surface area contributed by atoms with Gasteiger partial charge in [-0.3, -0.25) is 9.69 Å². The number of carbonyl (C=O) groups is 1. The molecule has 150 valence electrons. The number of likely N-dealkylation sites (tertiary alicyclic amines) is 1. The number of carbonyl (C=O) groups excluding carboxylic acids is 1. The molecule has 1 fully saturated rings. The molecular weight excluding hydrogens is 359 g/mol. The third-order valence-electron chi connectivity index (χ3n) is 5.02. The largest absolute Gasteiger partial charge is 0.497 e. The lowest BCUT2D eigenvalue weighted by molar-refractivity contribution is -0.123. The summed E-state index contributed by atoms with van der Waals surface area (Å²) in [5.74, 6) is 0.155. The number of nitrogens with zero attached hydrogens (tertiary/aromatic N) is 1. The zero-order valence-electron chi connectivity index (χ0n) is 16.2. The summed E-state index contributed by atoms with van der Waals surface area (Å²) in [7, 11) is 1.65. The van der Waals surface area contributed by atoms with Gasteiger partial charge in [0.25, 0.3) is 5.91 Å². The van der Waals surface area contributed by atoms with Crippen LogP contribution in [0.25, 0.3) is 0 Å². The smallest absolute Gasteiger partial charge is 0.258 e. The van der Waals surface area contributed by atoms with E-state index in [2.05, 4.69) is 10.2 Å². The molecule has 1 amide bonds. The van der Waals surface area contributed by atoms with Gasteiger partial charge in [0.2, 0.25) is 0 Å². The Bertz CT molecular complexity index is 761. The molecule has 6 heteroatoms. The van der Waals surface area contributed by atoms with Crippen molar-refractivity contribution >= 4 is 5.91 Å². The molecular formula is C22H27FN2O3. The van der Waals surface area contributed by atoms with E-state index in [0.29, 0.717) is 6.54 Å². The zero-order chi connectivity index (χ0) is 19.8. The number of piperidine rings is 1. The molecule has 1 atom stereocenters. The Morgan fingerprint density at radius 1 is 1.11 bits per heavy atom. The second-order valence-corrected chi connectivity index (χ2v) is 6.91. The Hall–Kier alpha value is -2.60. The van der Waals surface area contributed by atoms with E-state index in [4.69, 9.17) is 9.47 Å². The zero-order valence-corrected chi connectivity index (χ0v) is 16.2. The van der Waals surface area contributed by atoms with Gasteiger partial charge in [0.15, 0.2) is 18.2 Å². The van der Waals surface area contributed by atoms with E-state index in [1.165, 1.54) is 18.6 Å². The first-order valence-electron chi connectivity index (χ1n) is 9.69. The molecule has 3 rings (SSSR count). The molecule has 2 aromatic rings. The van der Waals surface area contributed by atoms with Crippen molar-refractivity contribution < 1.29 is 18.7 Å². The highest BCUT2D eigenvalue weighted by Crippen LogP contribution is 2.26. The van der Waals surface area contributed by atoms with Crippen LogP contribution in [0.4, 0.5) is 4.39 Å². The summed E-state index contributed by atoms with van der Waals surface area (Å²) >= 11 is 0. The Kier molecular flexibility index (Phi) is 7.25. The van der Waals surface area contributed by atoms with Crippen LogP contribution >= 0.6 is 0 Å². The molecule has 1 N–H and O–H groups in total. The number of ether oxygens (including phenoxy) is 2. The minimum Gasteiger partial charge on any atom is -0.497 e. The number of amides is 1. The van der Waals surface area contributed by atoms with Crippen LogP contribution in [0.2, 0.25) is 0 Å². The van der Waals surface area contributed by atoms with E-state index >= 15 is 0 Å². The Morgan fingerprint density at radius 2 is 1.82 bits per heavy atom. The van der Waals surface area contributed by atoms with Gasteiger partial charge < -0.3 is 14.8 Å². The van der Waals surface area contributed by atoms with Crippen molar-refractivity contribution in [1.29, 1.82) is 0 Å². The number of hydrogen-bond acceptors (Lipinski definition) is 4. The minimum absolute atomic E-state index is 0.0837. The molecule has 1 aliphatic heterocycles. The highest BCUT2D eigenvalue weighted by molar-refractivity contribution is 5.77. The first kappa shape index (κ1) is 20.1. The number of para-hydroxylation sites is 1. The third-order valence-corrected chi connectivity index (χ3v) is 5.02. The lowest BCUT2D eigenvalue weighted by atomic mass is 10.0. The van der Waals surface area contributed by atoms with Crippen LogP contribution in [0.5, 0.6) is 11.5 Å². The maximum absolute atomic E-state index is 13.6. The third kappa shape index (κ3) is 5.45. The lowest BCUT2D eigenvalue weighted by Gasteiger charge is -2.35. The summed E-state index contributed by atoms with van der Waals surface area (Å²) in [6.07, 6.45) is 3.57. The summed E-state index contributed by atoms with van der Waals surface area (Å²) in [6, 6.07) is 14.1.